The quantitative estimate of drug-likeness (QED) is 0.366. The second-order valence-corrected chi connectivity index (χ2v) is 10.9. The van der Waals surface area contributed by atoms with Crippen LogP contribution in [0.3, 0.4) is 0 Å². The van der Waals surface area contributed by atoms with Crippen LogP contribution in [0.4, 0.5) is 22.4 Å². The highest BCUT2D eigenvalue weighted by atomic mass is 35.5. The molecule has 198 valence electrons. The molecule has 2 fully saturated rings. The number of halogens is 1. The first-order valence-corrected chi connectivity index (χ1v) is 13.2. The van der Waals surface area contributed by atoms with E-state index in [-0.39, 0.29) is 11.6 Å². The number of nitrogens with one attached hydrogen (secondary N) is 2. The fraction of sp³-hybridized carbons (Fsp3) is 0.538. The second kappa shape index (κ2) is 10.7. The largest absolute Gasteiger partial charge is 0.465 e. The Balaban J connectivity index is 1.44. The Kier molecular flexibility index (Phi) is 7.39. The molecule has 2 aromatic heterocycles. The Bertz CT molecular complexity index is 1250. The summed E-state index contributed by atoms with van der Waals surface area (Å²) >= 11 is 6.23. The lowest BCUT2D eigenvalue weighted by molar-refractivity contribution is 0.0656. The number of amides is 1. The first-order chi connectivity index (χ1) is 17.8. The molecule has 5 rings (SSSR count). The van der Waals surface area contributed by atoms with Gasteiger partial charge in [0.1, 0.15) is 5.52 Å². The molecule has 1 aromatic carbocycles. The smallest absolute Gasteiger partial charge is 0.407 e. The van der Waals surface area contributed by atoms with Crippen molar-refractivity contribution >= 4 is 46.4 Å². The molecule has 0 unspecified atom stereocenters. The topological polar surface area (TPSA) is 117 Å². The van der Waals surface area contributed by atoms with Crippen LogP contribution in [-0.4, -0.2) is 68.0 Å². The SMILES string of the molecule is CN(C[C@H]1CC[C@H](n2c(Nc3cccc(Cl)c3)nc3cnc(NC4(C)CCOCC4)nc32)CC1)C(=O)O. The summed E-state index contributed by atoms with van der Waals surface area (Å²) in [5, 5.41) is 16.9. The van der Waals surface area contributed by atoms with E-state index in [1.807, 2.05) is 24.3 Å². The van der Waals surface area contributed by atoms with Crippen molar-refractivity contribution in [3.05, 3.63) is 35.5 Å². The van der Waals surface area contributed by atoms with Gasteiger partial charge in [-0.2, -0.15) is 4.98 Å². The molecule has 37 heavy (non-hydrogen) atoms. The number of hydrogen-bond donors (Lipinski definition) is 3. The summed E-state index contributed by atoms with van der Waals surface area (Å²) in [5.74, 6) is 1.63. The predicted molar refractivity (Wildman–Crippen MR) is 144 cm³/mol. The van der Waals surface area contributed by atoms with E-state index < -0.39 is 6.09 Å². The van der Waals surface area contributed by atoms with Crippen LogP contribution >= 0.6 is 11.6 Å². The van der Waals surface area contributed by atoms with Gasteiger partial charge in [-0.25, -0.2) is 14.8 Å². The van der Waals surface area contributed by atoms with Crippen molar-refractivity contribution in [3.8, 4) is 0 Å². The Morgan fingerprint density at radius 2 is 2.00 bits per heavy atom. The monoisotopic (exact) mass is 527 g/mol. The van der Waals surface area contributed by atoms with Crippen LogP contribution in [0.25, 0.3) is 11.2 Å². The summed E-state index contributed by atoms with van der Waals surface area (Å²) in [6.07, 6.45) is 6.38. The number of nitrogens with zero attached hydrogens (tertiary/aromatic N) is 5. The molecule has 10 nitrogen and oxygen atoms in total. The lowest BCUT2D eigenvalue weighted by Crippen LogP contribution is -2.41. The average Bonchev–Trinajstić information content (AvgIpc) is 3.21. The van der Waals surface area contributed by atoms with Crippen LogP contribution in [0, 0.1) is 5.92 Å². The van der Waals surface area contributed by atoms with Gasteiger partial charge >= 0.3 is 6.09 Å². The predicted octanol–water partition coefficient (Wildman–Crippen LogP) is 5.55. The van der Waals surface area contributed by atoms with Crippen LogP contribution in [0.2, 0.25) is 5.02 Å². The molecule has 1 aliphatic heterocycles. The van der Waals surface area contributed by atoms with E-state index >= 15 is 0 Å². The van der Waals surface area contributed by atoms with Gasteiger partial charge in [0, 0.05) is 49.1 Å². The van der Waals surface area contributed by atoms with E-state index in [1.165, 1.54) is 4.90 Å². The molecule has 3 N–H and O–H groups in total. The zero-order chi connectivity index (χ0) is 26.0. The van der Waals surface area contributed by atoms with Crippen molar-refractivity contribution in [2.24, 2.45) is 5.92 Å². The first-order valence-electron chi connectivity index (χ1n) is 12.9. The summed E-state index contributed by atoms with van der Waals surface area (Å²) < 4.78 is 7.72. The number of aromatic nitrogens is 4. The zero-order valence-corrected chi connectivity index (χ0v) is 22.0. The number of carboxylic acid groups (broad SMARTS) is 1. The number of rotatable bonds is 7. The molecule has 1 aliphatic carbocycles. The molecule has 11 heteroatoms. The maximum Gasteiger partial charge on any atom is 0.407 e. The van der Waals surface area contributed by atoms with Gasteiger partial charge in [0.2, 0.25) is 11.9 Å². The lowest BCUT2D eigenvalue weighted by Gasteiger charge is -2.34. The standard InChI is InChI=1S/C26H34ClN7O3/c1-26(10-12-37-13-11-26)32-23-28-15-21-22(31-23)34(24(30-21)29-19-5-3-4-18(27)14-19)20-8-6-17(7-9-20)16-33(2)25(35)36/h3-5,14-15,17,20H,6-13,16H2,1-2H3,(H,29,30)(H,35,36)(H,28,31,32)/t17-,20-. The van der Waals surface area contributed by atoms with Crippen LogP contribution in [-0.2, 0) is 4.74 Å². The molecule has 1 amide bonds. The van der Waals surface area contributed by atoms with Gasteiger partial charge in [0.05, 0.1) is 6.20 Å². The number of imidazole rings is 1. The Morgan fingerprint density at radius 1 is 1.24 bits per heavy atom. The summed E-state index contributed by atoms with van der Waals surface area (Å²) in [4.78, 5) is 27.0. The number of anilines is 3. The van der Waals surface area contributed by atoms with E-state index in [4.69, 9.17) is 26.3 Å². The van der Waals surface area contributed by atoms with Gasteiger partial charge < -0.3 is 25.4 Å². The van der Waals surface area contributed by atoms with Crippen LogP contribution in [0.1, 0.15) is 51.5 Å². The molecule has 3 heterocycles. The Labute approximate surface area is 221 Å². The van der Waals surface area contributed by atoms with Gasteiger partial charge in [0.25, 0.3) is 0 Å². The van der Waals surface area contributed by atoms with Gasteiger partial charge in [-0.05, 0) is 69.6 Å². The molecule has 0 spiro atoms. The van der Waals surface area contributed by atoms with Crippen LogP contribution < -0.4 is 10.6 Å². The normalized spacial score (nSPS) is 21.5. The number of ether oxygens (including phenoxy) is 1. The van der Waals surface area contributed by atoms with Gasteiger partial charge in [-0.3, -0.25) is 4.57 Å². The number of benzene rings is 1. The molecule has 0 radical (unpaired) electrons. The van der Waals surface area contributed by atoms with Gasteiger partial charge in [0.15, 0.2) is 5.65 Å². The Morgan fingerprint density at radius 3 is 2.70 bits per heavy atom. The Hall–Kier alpha value is -3.11. The van der Waals surface area contributed by atoms with Gasteiger partial charge in [-0.15, -0.1) is 0 Å². The molecule has 1 saturated heterocycles. The molecule has 0 bridgehead atoms. The molecular formula is C26H34ClN7O3. The molecule has 1 saturated carbocycles. The van der Waals surface area contributed by atoms with Crippen molar-refractivity contribution in [3.63, 3.8) is 0 Å². The van der Waals surface area contributed by atoms with E-state index in [9.17, 15) is 9.90 Å². The van der Waals surface area contributed by atoms with E-state index in [2.05, 4.69) is 27.1 Å². The minimum Gasteiger partial charge on any atom is -0.465 e. The number of fused-ring (bicyclic) bond motifs is 1. The molecule has 2 aliphatic rings. The molecule has 0 atom stereocenters. The van der Waals surface area contributed by atoms with Crippen molar-refractivity contribution in [1.29, 1.82) is 0 Å². The first kappa shape index (κ1) is 25.5. The van der Waals surface area contributed by atoms with E-state index in [1.54, 1.807) is 13.2 Å². The summed E-state index contributed by atoms with van der Waals surface area (Å²) in [7, 11) is 1.63. The number of carbonyl (C=O) groups is 1. The maximum absolute atomic E-state index is 11.3. The van der Waals surface area contributed by atoms with E-state index in [0.717, 1.165) is 68.6 Å². The van der Waals surface area contributed by atoms with Gasteiger partial charge in [-0.1, -0.05) is 17.7 Å². The van der Waals surface area contributed by atoms with Crippen molar-refractivity contribution < 1.29 is 14.6 Å². The van der Waals surface area contributed by atoms with Crippen molar-refractivity contribution in [2.45, 2.75) is 57.0 Å². The third-order valence-electron chi connectivity index (χ3n) is 7.56. The third-order valence-corrected chi connectivity index (χ3v) is 7.80. The maximum atomic E-state index is 11.3. The minimum atomic E-state index is -0.884. The average molecular weight is 528 g/mol. The summed E-state index contributed by atoms with van der Waals surface area (Å²) in [6.45, 7) is 4.18. The zero-order valence-electron chi connectivity index (χ0n) is 21.3. The fourth-order valence-electron chi connectivity index (χ4n) is 5.35. The number of hydrogen-bond acceptors (Lipinski definition) is 7. The second-order valence-electron chi connectivity index (χ2n) is 10.5. The fourth-order valence-corrected chi connectivity index (χ4v) is 5.54. The third kappa shape index (κ3) is 5.91. The molecular weight excluding hydrogens is 494 g/mol. The van der Waals surface area contributed by atoms with Crippen LogP contribution in [0.15, 0.2) is 30.5 Å². The van der Waals surface area contributed by atoms with Crippen LogP contribution in [0.5, 0.6) is 0 Å². The molecule has 3 aromatic rings. The highest BCUT2D eigenvalue weighted by Gasteiger charge is 2.30. The highest BCUT2D eigenvalue weighted by Crippen LogP contribution is 2.37. The lowest BCUT2D eigenvalue weighted by atomic mass is 9.85. The van der Waals surface area contributed by atoms with E-state index in [0.29, 0.717) is 29.4 Å². The minimum absolute atomic E-state index is 0.118. The summed E-state index contributed by atoms with van der Waals surface area (Å²) in [5.41, 5.74) is 2.23. The van der Waals surface area contributed by atoms with Crippen molar-refractivity contribution in [2.75, 3.05) is 37.4 Å². The van der Waals surface area contributed by atoms with Crippen molar-refractivity contribution in [1.82, 2.24) is 24.4 Å². The highest BCUT2D eigenvalue weighted by molar-refractivity contribution is 6.30. The summed E-state index contributed by atoms with van der Waals surface area (Å²) in [6, 6.07) is 7.75.